The molecule has 5 heteroatoms. The minimum absolute atomic E-state index is 0.0875. The molecule has 0 spiro atoms. The fourth-order valence-electron chi connectivity index (χ4n) is 2.88. The molecule has 5 nitrogen and oxygen atoms in total. The number of oxazole rings is 1. The van der Waals surface area contributed by atoms with Crippen LogP contribution in [0.2, 0.25) is 0 Å². The Kier molecular flexibility index (Phi) is 3.98. The second-order valence-corrected chi connectivity index (χ2v) is 5.99. The predicted octanol–water partition coefficient (Wildman–Crippen LogP) is 3.25. The van der Waals surface area contributed by atoms with Crippen LogP contribution in [0, 0.1) is 6.92 Å². The highest BCUT2D eigenvalue weighted by atomic mass is 16.4. The average molecular weight is 299 g/mol. The van der Waals surface area contributed by atoms with Gasteiger partial charge in [0.25, 0.3) is 0 Å². The molecular formula is C17H21N3O2. The van der Waals surface area contributed by atoms with Crippen LogP contribution in [0.3, 0.4) is 0 Å². The molecule has 1 aliphatic carbocycles. The molecule has 1 fully saturated rings. The van der Waals surface area contributed by atoms with Gasteiger partial charge in [0, 0.05) is 18.2 Å². The maximum Gasteiger partial charge on any atom is 0.244 e. The molecule has 0 bridgehead atoms. The molecule has 1 aromatic heterocycles. The Morgan fingerprint density at radius 1 is 1.23 bits per heavy atom. The van der Waals surface area contributed by atoms with E-state index in [-0.39, 0.29) is 5.91 Å². The van der Waals surface area contributed by atoms with Gasteiger partial charge in [0.1, 0.15) is 0 Å². The quantitative estimate of drug-likeness (QED) is 0.911. The summed E-state index contributed by atoms with van der Waals surface area (Å²) in [6.45, 7) is 1.81. The van der Waals surface area contributed by atoms with E-state index >= 15 is 0 Å². The first kappa shape index (κ1) is 14.8. The van der Waals surface area contributed by atoms with E-state index in [0.717, 1.165) is 49.1 Å². The number of hydrogen-bond acceptors (Lipinski definition) is 4. The van der Waals surface area contributed by atoms with Crippen molar-refractivity contribution in [2.75, 3.05) is 5.32 Å². The number of aryl methyl sites for hydroxylation is 1. The molecule has 22 heavy (non-hydrogen) atoms. The van der Waals surface area contributed by atoms with Crippen LogP contribution in [0.25, 0.3) is 11.3 Å². The van der Waals surface area contributed by atoms with E-state index in [4.69, 9.17) is 10.2 Å². The number of nitrogens with two attached hydrogens (primary N) is 1. The Balaban J connectivity index is 1.69. The standard InChI is InChI=1S/C17H21N3O2/c1-12-19-11-15(22-12)13-5-7-14(8-6-13)20-16(21)17(18)9-3-2-4-10-17/h5-8,11H,2-4,9-10,18H2,1H3,(H,20,21). The van der Waals surface area contributed by atoms with E-state index in [1.54, 1.807) is 6.20 Å². The summed E-state index contributed by atoms with van der Waals surface area (Å²) < 4.78 is 5.48. The molecule has 0 aliphatic heterocycles. The Labute approximate surface area is 129 Å². The predicted molar refractivity (Wildman–Crippen MR) is 85.3 cm³/mol. The van der Waals surface area contributed by atoms with Crippen molar-refractivity contribution in [2.45, 2.75) is 44.6 Å². The molecule has 1 aromatic carbocycles. The second-order valence-electron chi connectivity index (χ2n) is 5.99. The minimum Gasteiger partial charge on any atom is -0.441 e. The van der Waals surface area contributed by atoms with Crippen molar-refractivity contribution in [2.24, 2.45) is 5.73 Å². The largest absolute Gasteiger partial charge is 0.441 e. The number of benzene rings is 1. The monoisotopic (exact) mass is 299 g/mol. The fraction of sp³-hybridized carbons (Fsp3) is 0.412. The number of carbonyl (C=O) groups is 1. The Morgan fingerprint density at radius 3 is 2.50 bits per heavy atom. The Bertz CT molecular complexity index is 655. The van der Waals surface area contributed by atoms with Crippen molar-refractivity contribution >= 4 is 11.6 Å². The number of rotatable bonds is 3. The van der Waals surface area contributed by atoms with Crippen LogP contribution < -0.4 is 11.1 Å². The zero-order valence-electron chi connectivity index (χ0n) is 12.8. The molecule has 1 heterocycles. The maximum absolute atomic E-state index is 12.4. The van der Waals surface area contributed by atoms with Crippen LogP contribution in [-0.2, 0) is 4.79 Å². The van der Waals surface area contributed by atoms with Gasteiger partial charge in [-0.25, -0.2) is 4.98 Å². The molecule has 1 saturated carbocycles. The third-order valence-corrected chi connectivity index (χ3v) is 4.25. The second kappa shape index (κ2) is 5.93. The van der Waals surface area contributed by atoms with Crippen molar-refractivity contribution in [3.63, 3.8) is 0 Å². The van der Waals surface area contributed by atoms with Crippen LogP contribution in [0.5, 0.6) is 0 Å². The SMILES string of the molecule is Cc1ncc(-c2ccc(NC(=O)C3(N)CCCCC3)cc2)o1. The van der Waals surface area contributed by atoms with Crippen molar-refractivity contribution < 1.29 is 9.21 Å². The van der Waals surface area contributed by atoms with Crippen molar-refractivity contribution in [1.29, 1.82) is 0 Å². The van der Waals surface area contributed by atoms with E-state index in [0.29, 0.717) is 5.89 Å². The highest BCUT2D eigenvalue weighted by molar-refractivity contribution is 5.98. The van der Waals surface area contributed by atoms with Crippen LogP contribution in [0.4, 0.5) is 5.69 Å². The normalized spacial score (nSPS) is 17.2. The average Bonchev–Trinajstić information content (AvgIpc) is 2.95. The molecule has 116 valence electrons. The molecule has 2 aromatic rings. The number of amides is 1. The lowest BCUT2D eigenvalue weighted by atomic mass is 9.82. The topological polar surface area (TPSA) is 81.2 Å². The highest BCUT2D eigenvalue weighted by Crippen LogP contribution is 2.28. The van der Waals surface area contributed by atoms with Crippen LogP contribution >= 0.6 is 0 Å². The molecule has 1 aliphatic rings. The smallest absolute Gasteiger partial charge is 0.244 e. The number of nitrogens with zero attached hydrogens (tertiary/aromatic N) is 1. The number of carbonyl (C=O) groups excluding carboxylic acids is 1. The molecule has 0 unspecified atom stereocenters. The Morgan fingerprint density at radius 2 is 1.91 bits per heavy atom. The third-order valence-electron chi connectivity index (χ3n) is 4.25. The third kappa shape index (κ3) is 3.04. The maximum atomic E-state index is 12.4. The summed E-state index contributed by atoms with van der Waals surface area (Å²) in [5.41, 5.74) is 7.20. The van der Waals surface area contributed by atoms with Gasteiger partial charge in [-0.3, -0.25) is 4.79 Å². The van der Waals surface area contributed by atoms with Crippen molar-refractivity contribution in [3.8, 4) is 11.3 Å². The van der Waals surface area contributed by atoms with Gasteiger partial charge in [0.2, 0.25) is 5.91 Å². The van der Waals surface area contributed by atoms with E-state index in [2.05, 4.69) is 10.3 Å². The van der Waals surface area contributed by atoms with E-state index < -0.39 is 5.54 Å². The highest BCUT2D eigenvalue weighted by Gasteiger charge is 2.35. The van der Waals surface area contributed by atoms with Gasteiger partial charge in [-0.15, -0.1) is 0 Å². The summed E-state index contributed by atoms with van der Waals surface area (Å²) >= 11 is 0. The van der Waals surface area contributed by atoms with Gasteiger partial charge in [-0.2, -0.15) is 0 Å². The number of nitrogens with one attached hydrogen (secondary N) is 1. The number of anilines is 1. The van der Waals surface area contributed by atoms with Crippen LogP contribution in [0.1, 0.15) is 38.0 Å². The van der Waals surface area contributed by atoms with Gasteiger partial charge in [-0.05, 0) is 37.1 Å². The molecule has 0 saturated heterocycles. The Hall–Kier alpha value is -2.14. The molecule has 0 radical (unpaired) electrons. The summed E-state index contributed by atoms with van der Waals surface area (Å²) in [5.74, 6) is 1.27. The van der Waals surface area contributed by atoms with Crippen LogP contribution in [0.15, 0.2) is 34.9 Å². The van der Waals surface area contributed by atoms with Gasteiger partial charge in [0.05, 0.1) is 11.7 Å². The fourth-order valence-corrected chi connectivity index (χ4v) is 2.88. The minimum atomic E-state index is -0.723. The van der Waals surface area contributed by atoms with Crippen molar-refractivity contribution in [3.05, 3.63) is 36.4 Å². The summed E-state index contributed by atoms with van der Waals surface area (Å²) in [5, 5.41) is 2.93. The summed E-state index contributed by atoms with van der Waals surface area (Å²) in [6, 6.07) is 7.52. The first-order chi connectivity index (χ1) is 10.6. The van der Waals surface area contributed by atoms with E-state index in [9.17, 15) is 4.79 Å². The van der Waals surface area contributed by atoms with Gasteiger partial charge < -0.3 is 15.5 Å². The lowest BCUT2D eigenvalue weighted by molar-refractivity contribution is -0.122. The lowest BCUT2D eigenvalue weighted by Gasteiger charge is -2.31. The first-order valence-electron chi connectivity index (χ1n) is 7.70. The first-order valence-corrected chi connectivity index (χ1v) is 7.70. The lowest BCUT2D eigenvalue weighted by Crippen LogP contribution is -2.52. The van der Waals surface area contributed by atoms with Gasteiger partial charge in [0.15, 0.2) is 11.7 Å². The van der Waals surface area contributed by atoms with Crippen molar-refractivity contribution in [1.82, 2.24) is 4.98 Å². The summed E-state index contributed by atoms with van der Waals surface area (Å²) in [7, 11) is 0. The summed E-state index contributed by atoms with van der Waals surface area (Å²) in [6.07, 6.45) is 6.42. The van der Waals surface area contributed by atoms with Gasteiger partial charge in [-0.1, -0.05) is 19.3 Å². The van der Waals surface area contributed by atoms with Gasteiger partial charge >= 0.3 is 0 Å². The summed E-state index contributed by atoms with van der Waals surface area (Å²) in [4.78, 5) is 16.5. The number of aromatic nitrogens is 1. The van der Waals surface area contributed by atoms with E-state index in [1.165, 1.54) is 0 Å². The zero-order chi connectivity index (χ0) is 15.6. The molecule has 3 N–H and O–H groups in total. The molecule has 1 amide bonds. The molecular weight excluding hydrogens is 278 g/mol. The molecule has 3 rings (SSSR count). The number of hydrogen-bond donors (Lipinski definition) is 2. The van der Waals surface area contributed by atoms with Crippen LogP contribution in [-0.4, -0.2) is 16.4 Å². The zero-order valence-corrected chi connectivity index (χ0v) is 12.8. The molecule has 0 atom stereocenters. The van der Waals surface area contributed by atoms with E-state index in [1.807, 2.05) is 31.2 Å².